The van der Waals surface area contributed by atoms with Gasteiger partial charge < -0.3 is 68.9 Å². The van der Waals surface area contributed by atoms with Crippen LogP contribution in [-0.4, -0.2) is 0 Å². The summed E-state index contributed by atoms with van der Waals surface area (Å²) in [4.78, 5) is 6.00. The smallest absolute Gasteiger partial charge is 0.693 e. The normalized spacial score (nSPS) is 1.78. The first-order chi connectivity index (χ1) is 5.66. The van der Waals surface area contributed by atoms with Crippen LogP contribution in [0, 0.1) is 0 Å². The van der Waals surface area contributed by atoms with Crippen molar-refractivity contribution in [2.75, 3.05) is 0 Å². The van der Waals surface area contributed by atoms with Crippen LogP contribution in [0.5, 0.6) is 0 Å². The van der Waals surface area contributed by atoms with E-state index in [0.717, 1.165) is 0 Å². The van der Waals surface area contributed by atoms with Gasteiger partial charge in [0, 0.05) is 0 Å². The molecule has 18 heavy (non-hydrogen) atoms. The second kappa shape index (κ2) is 581. The minimum atomic E-state index is 0. The van der Waals surface area contributed by atoms with Crippen molar-refractivity contribution >= 4 is 0 Å². The monoisotopic (exact) mass is 360 g/mol. The zero-order valence-electron chi connectivity index (χ0n) is 9.09. The molecule has 0 bridgehead atoms. The Labute approximate surface area is 127 Å². The van der Waals surface area contributed by atoms with Gasteiger partial charge in [-0.25, -0.2) is 0 Å². The van der Waals surface area contributed by atoms with Gasteiger partial charge in [-0.05, 0) is 0 Å². The molecule has 0 unspecified atom stereocenters. The van der Waals surface area contributed by atoms with E-state index in [1.165, 1.54) is 19.6 Å². The number of nitrogens with two attached hydrogens (primary N) is 4. The summed E-state index contributed by atoms with van der Waals surface area (Å²) < 4.78 is 0. The van der Waals surface area contributed by atoms with Gasteiger partial charge in [0.2, 0.25) is 0 Å². The van der Waals surface area contributed by atoms with Crippen LogP contribution in [0.25, 0.3) is 88.5 Å². The fourth-order valence-corrected chi connectivity index (χ4v) is 0. The molecule has 0 aliphatic carbocycles. The Morgan fingerprint density at radius 2 is 0.333 bits per heavy atom. The molecule has 18 heteroatoms. The molecule has 0 rings (SSSR count). The maximum absolute atomic E-state index is 6.75. The van der Waals surface area contributed by atoms with Crippen LogP contribution in [0.2, 0.25) is 0 Å². The van der Waals surface area contributed by atoms with E-state index in [1.807, 2.05) is 0 Å². The van der Waals surface area contributed by atoms with Gasteiger partial charge in [0.15, 0.2) is 0 Å². The Balaban J connectivity index is -0.00000000533. The summed E-state index contributed by atoms with van der Waals surface area (Å²) in [5.74, 6) is 0. The Hall–Kier alpha value is -1.67. The summed E-state index contributed by atoms with van der Waals surface area (Å²) in [5.41, 5.74) is 54.0. The van der Waals surface area contributed by atoms with Gasteiger partial charge in [-0.2, -0.15) is 0 Å². The van der Waals surface area contributed by atoms with E-state index in [1.54, 1.807) is 0 Å². The maximum atomic E-state index is 6.75. The van der Waals surface area contributed by atoms with Crippen molar-refractivity contribution in [2.24, 2.45) is 0 Å². The molecule has 0 amide bonds. The van der Waals surface area contributed by atoms with Crippen molar-refractivity contribution in [3.05, 3.63) is 88.5 Å². The van der Waals surface area contributed by atoms with Crippen LogP contribution >= 0.6 is 0 Å². The van der Waals surface area contributed by atoms with E-state index < -0.39 is 0 Å². The molecule has 0 heterocycles. The largest absolute Gasteiger partial charge is 2.00 e. The summed E-state index contributed by atoms with van der Waals surface area (Å²) in [5, 5.41) is 0. The molecule has 96 valence electrons. The van der Waals surface area contributed by atoms with Crippen molar-refractivity contribution in [3.63, 3.8) is 0 Å². The van der Waals surface area contributed by atoms with Gasteiger partial charge in [0.25, 0.3) is 0 Å². The van der Waals surface area contributed by atoms with Gasteiger partial charge in [-0.15, -0.1) is 0 Å². The summed E-state index contributed by atoms with van der Waals surface area (Å²) in [7, 11) is 0. The van der Waals surface area contributed by atoms with E-state index in [0.29, 0.717) is 0 Å². The summed E-state index contributed by atoms with van der Waals surface area (Å²) in [6.07, 6.45) is 0. The van der Waals surface area contributed by atoms with Crippen molar-refractivity contribution in [3.8, 4) is 0 Å². The minimum absolute atomic E-state index is 0. The molecule has 0 aromatic heterocycles. The van der Waals surface area contributed by atoms with Crippen LogP contribution < -0.4 is 0 Å². The third-order valence-electron chi connectivity index (χ3n) is 0. The third-order valence-corrected chi connectivity index (χ3v) is 0. The predicted octanol–water partition coefficient (Wildman–Crippen LogP) is 6.33. The minimum Gasteiger partial charge on any atom is -0.693 e. The van der Waals surface area contributed by atoms with Crippen LogP contribution in [0.15, 0.2) is 0 Å². The zero-order valence-corrected chi connectivity index (χ0v) is 15.0. The number of nitrogens with zero attached hydrogens (tertiary/aromatic N) is 12. The van der Waals surface area contributed by atoms with E-state index >= 15 is 0 Å². The fourth-order valence-electron chi connectivity index (χ4n) is 0. The first-order valence-corrected chi connectivity index (χ1v) is 1.60. The third kappa shape index (κ3) is 909. The standard InChI is InChI=1S/4N3.4H2N.2Zn/c4*1-3-2;;;;;;/h;;;;4*1H2;;/q8*-1;2*+2. The SMILES string of the molecule is [N-]=[N+]=[N-].[N-]=[N+]=[N-].[N-]=[N+]=[N-].[N-]=[N+]=[N-].[NH2-].[NH2-].[NH2-].[NH2-].[Zn+2].[Zn+2]. The van der Waals surface area contributed by atoms with Crippen molar-refractivity contribution < 1.29 is 39.0 Å². The van der Waals surface area contributed by atoms with Gasteiger partial charge in [-0.1, -0.05) is 0 Å². The first kappa shape index (κ1) is 95.8. The van der Waals surface area contributed by atoms with Gasteiger partial charge in [-0.3, -0.25) is 19.6 Å². The molecular weight excluding hydrogens is 355 g/mol. The predicted molar refractivity (Wildman–Crippen MR) is 61.4 cm³/mol. The Morgan fingerprint density at radius 3 is 0.333 bits per heavy atom. The van der Waals surface area contributed by atoms with Crippen molar-refractivity contribution in [2.45, 2.75) is 0 Å². The molecule has 0 aromatic rings. The summed E-state index contributed by atoms with van der Waals surface area (Å²) >= 11 is 0. The van der Waals surface area contributed by atoms with Crippen LogP contribution in [-0.2, 0) is 39.0 Å². The van der Waals surface area contributed by atoms with Crippen molar-refractivity contribution in [1.29, 1.82) is 0 Å². The zero-order chi connectivity index (χ0) is 10.8. The second-order valence-corrected chi connectivity index (χ2v) is 0.358. The molecule has 0 atom stereocenters. The molecule has 0 saturated heterocycles. The molecule has 8 N–H and O–H groups in total. The van der Waals surface area contributed by atoms with E-state index in [2.05, 4.69) is 0 Å². The van der Waals surface area contributed by atoms with E-state index in [9.17, 15) is 0 Å². The average Bonchev–Trinajstić information content (AvgIpc) is 1.92. The molecule has 0 saturated carbocycles. The van der Waals surface area contributed by atoms with Crippen LogP contribution in [0.3, 0.4) is 0 Å². The van der Waals surface area contributed by atoms with E-state index in [4.69, 9.17) is 44.2 Å². The second-order valence-electron chi connectivity index (χ2n) is 0.358. The van der Waals surface area contributed by atoms with E-state index in [-0.39, 0.29) is 63.6 Å². The Kier molecular flexibility index (Phi) is 3090. The molecule has 0 radical (unpaired) electrons. The van der Waals surface area contributed by atoms with Gasteiger partial charge in [0.1, 0.15) is 0 Å². The molecule has 0 aliphatic rings. The first-order valence-electron chi connectivity index (χ1n) is 1.60. The Bertz CT molecular complexity index is 141. The molecule has 0 spiro atoms. The number of rotatable bonds is 0. The van der Waals surface area contributed by atoms with Crippen molar-refractivity contribution in [1.82, 2.24) is 0 Å². The van der Waals surface area contributed by atoms with Crippen LogP contribution in [0.1, 0.15) is 0 Å². The summed E-state index contributed by atoms with van der Waals surface area (Å²) in [6.45, 7) is 0. The van der Waals surface area contributed by atoms with Gasteiger partial charge >= 0.3 is 39.0 Å². The van der Waals surface area contributed by atoms with Crippen LogP contribution in [0.4, 0.5) is 0 Å². The fraction of sp³-hybridized carbons (Fsp3) is 0. The molecule has 0 aromatic carbocycles. The molecule has 0 fully saturated rings. The average molecular weight is 363 g/mol. The maximum Gasteiger partial charge on any atom is 2.00 e. The molecular formula is H8N16Zn2-4. The molecule has 16 nitrogen and oxygen atoms in total. The van der Waals surface area contributed by atoms with Gasteiger partial charge in [0.05, 0.1) is 0 Å². The quantitative estimate of drug-likeness (QED) is 0.197. The number of hydrogen-bond acceptors (Lipinski definition) is 0. The number of hydrogen-bond donors (Lipinski definition) is 0. The summed E-state index contributed by atoms with van der Waals surface area (Å²) in [6, 6.07) is 0. The Morgan fingerprint density at radius 1 is 0.333 bits per heavy atom. The molecule has 0 aliphatic heterocycles. The topological polar surface area (TPSA) is 369 Å².